The summed E-state index contributed by atoms with van der Waals surface area (Å²) in [5, 5.41) is 23.9. The third kappa shape index (κ3) is 5.56. The molecule has 0 aromatic rings. The molecule has 0 aromatic heterocycles. The van der Waals surface area contributed by atoms with Gasteiger partial charge in [0.05, 0.1) is 17.3 Å². The molecule has 0 bridgehead atoms. The summed E-state index contributed by atoms with van der Waals surface area (Å²) in [4.78, 5) is 12.6. The van der Waals surface area contributed by atoms with E-state index in [-0.39, 0.29) is 51.2 Å². The van der Waals surface area contributed by atoms with Crippen LogP contribution in [0, 0.1) is 45.3 Å². The largest absolute Gasteiger partial charge is 0.462 e. The second kappa shape index (κ2) is 11.4. The summed E-state index contributed by atoms with van der Waals surface area (Å²) < 4.78 is 11.8. The molecule has 0 spiro atoms. The van der Waals surface area contributed by atoms with Gasteiger partial charge in [0.25, 0.3) is 0 Å². The van der Waals surface area contributed by atoms with E-state index in [0.29, 0.717) is 18.3 Å². The lowest BCUT2D eigenvalue weighted by Crippen LogP contribution is -2.66. The number of unbranched alkanes of at least 4 members (excludes halogenated alkanes) is 1. The molecule has 0 amide bonds. The Hall–Kier alpha value is -0.650. The number of esters is 1. The minimum absolute atomic E-state index is 0.00260. The molecule has 4 rings (SSSR count). The van der Waals surface area contributed by atoms with Crippen LogP contribution in [0.4, 0.5) is 0 Å². The molecule has 5 nitrogen and oxygen atoms in total. The Morgan fingerprint density at radius 3 is 2.20 bits per heavy atom. The highest BCUT2D eigenvalue weighted by atomic mass is 16.5. The van der Waals surface area contributed by atoms with Crippen molar-refractivity contribution in [1.29, 1.82) is 0 Å². The summed E-state index contributed by atoms with van der Waals surface area (Å²) >= 11 is 0. The van der Waals surface area contributed by atoms with Gasteiger partial charge in [-0.3, -0.25) is 4.79 Å². The van der Waals surface area contributed by atoms with Gasteiger partial charge in [-0.25, -0.2) is 0 Å². The van der Waals surface area contributed by atoms with Gasteiger partial charge in [0.2, 0.25) is 0 Å². The molecule has 5 heteroatoms. The van der Waals surface area contributed by atoms with Gasteiger partial charge in [0.1, 0.15) is 6.10 Å². The van der Waals surface area contributed by atoms with Crippen molar-refractivity contribution in [3.8, 4) is 0 Å². The van der Waals surface area contributed by atoms with Crippen LogP contribution in [0.25, 0.3) is 0 Å². The quantitative estimate of drug-likeness (QED) is 0.257. The van der Waals surface area contributed by atoms with Crippen LogP contribution in [0.5, 0.6) is 0 Å². The second-order valence-electron chi connectivity index (χ2n) is 17.1. The van der Waals surface area contributed by atoms with Gasteiger partial charge < -0.3 is 19.7 Å². The first-order valence-corrected chi connectivity index (χ1v) is 17.0. The number of hydrogen-bond acceptors (Lipinski definition) is 5. The van der Waals surface area contributed by atoms with E-state index in [2.05, 4.69) is 55.4 Å². The Balaban J connectivity index is 1.55. The molecule has 238 valence electrons. The topological polar surface area (TPSA) is 76.0 Å². The van der Waals surface area contributed by atoms with E-state index in [4.69, 9.17) is 9.47 Å². The van der Waals surface area contributed by atoms with Gasteiger partial charge in [-0.1, -0.05) is 48.0 Å². The molecule has 0 unspecified atom stereocenters. The summed E-state index contributed by atoms with van der Waals surface area (Å²) in [7, 11) is 1.76. The number of rotatable bonds is 10. The average Bonchev–Trinajstić information content (AvgIpc) is 3.26. The lowest BCUT2D eigenvalue weighted by molar-refractivity contribution is -0.249. The second-order valence-corrected chi connectivity index (χ2v) is 17.1. The first-order valence-electron chi connectivity index (χ1n) is 17.0. The Morgan fingerprint density at radius 2 is 1.56 bits per heavy atom. The number of aliphatic hydroxyl groups is 2. The summed E-state index contributed by atoms with van der Waals surface area (Å²) in [6.07, 6.45) is 11.7. The molecule has 0 saturated heterocycles. The molecule has 0 heterocycles. The number of methoxy groups -OCH3 is 1. The molecule has 4 aliphatic rings. The first-order chi connectivity index (χ1) is 18.9. The number of ether oxygens (including phenoxy) is 2. The normalized spacial score (nSPS) is 43.4. The third-order valence-electron chi connectivity index (χ3n) is 14.1. The molecule has 4 aliphatic carbocycles. The molecule has 0 aromatic carbocycles. The number of carbonyl (C=O) groups excluding carboxylic acids is 1. The fraction of sp³-hybridized carbons (Fsp3) is 0.972. The van der Waals surface area contributed by atoms with Crippen molar-refractivity contribution in [2.75, 3.05) is 7.11 Å². The number of aliphatic hydroxyl groups excluding tert-OH is 1. The van der Waals surface area contributed by atoms with Crippen molar-refractivity contribution in [2.24, 2.45) is 45.3 Å². The smallest absolute Gasteiger partial charge is 0.306 e. The van der Waals surface area contributed by atoms with Gasteiger partial charge in [-0.15, -0.1) is 0 Å². The first kappa shape index (κ1) is 33.2. The van der Waals surface area contributed by atoms with Crippen LogP contribution < -0.4 is 0 Å². The molecular formula is C36H64O5. The zero-order valence-electron chi connectivity index (χ0n) is 28.3. The molecule has 4 saturated carbocycles. The van der Waals surface area contributed by atoms with Crippen molar-refractivity contribution in [3.05, 3.63) is 0 Å². The maximum atomic E-state index is 12.6. The monoisotopic (exact) mass is 576 g/mol. The van der Waals surface area contributed by atoms with E-state index >= 15 is 0 Å². The van der Waals surface area contributed by atoms with E-state index < -0.39 is 11.7 Å². The number of fused-ring (bicyclic) bond motifs is 5. The number of carbonyl (C=O) groups is 1. The zero-order valence-corrected chi connectivity index (χ0v) is 28.3. The van der Waals surface area contributed by atoms with Gasteiger partial charge in [0.15, 0.2) is 0 Å². The standard InChI is InChI=1S/C36H64O5/c1-11-12-14-29(38)41-28-17-20-33(6)26(32(28,4)5)16-22-34(7)27(33)23-25(37)30-24(15-21-35(30,34)8)36(9,39)19-13-18-31(2,3)40-10/h24-28,30,37,39H,11-23H2,1-10H3/t24-,25+,26-,27+,28-,30-,33-,34+,35+,36+/m0/s1. The minimum atomic E-state index is -0.792. The van der Waals surface area contributed by atoms with Crippen molar-refractivity contribution >= 4 is 5.97 Å². The van der Waals surface area contributed by atoms with Crippen LogP contribution in [-0.4, -0.2) is 46.7 Å². The highest BCUT2D eigenvalue weighted by molar-refractivity contribution is 5.69. The fourth-order valence-electron chi connectivity index (χ4n) is 11.3. The van der Waals surface area contributed by atoms with E-state index in [1.165, 1.54) is 0 Å². The molecule has 2 N–H and O–H groups in total. The predicted octanol–water partition coefficient (Wildman–Crippen LogP) is 8.09. The highest BCUT2D eigenvalue weighted by Gasteiger charge is 2.71. The van der Waals surface area contributed by atoms with Crippen LogP contribution in [0.2, 0.25) is 0 Å². The predicted molar refractivity (Wildman–Crippen MR) is 165 cm³/mol. The van der Waals surface area contributed by atoms with Gasteiger partial charge in [0, 0.05) is 18.9 Å². The lowest BCUT2D eigenvalue weighted by Gasteiger charge is -2.70. The molecule has 41 heavy (non-hydrogen) atoms. The minimum Gasteiger partial charge on any atom is -0.462 e. The number of hydrogen-bond donors (Lipinski definition) is 2. The van der Waals surface area contributed by atoms with E-state index in [9.17, 15) is 15.0 Å². The van der Waals surface area contributed by atoms with Crippen molar-refractivity contribution in [3.63, 3.8) is 0 Å². The molecule has 10 atom stereocenters. The maximum absolute atomic E-state index is 12.6. The van der Waals surface area contributed by atoms with E-state index in [0.717, 1.165) is 77.0 Å². The van der Waals surface area contributed by atoms with Gasteiger partial charge >= 0.3 is 5.97 Å². The van der Waals surface area contributed by atoms with Gasteiger partial charge in [-0.2, -0.15) is 0 Å². The summed E-state index contributed by atoms with van der Waals surface area (Å²) in [6.45, 7) is 20.6. The van der Waals surface area contributed by atoms with Crippen molar-refractivity contribution < 1.29 is 24.5 Å². The molecule has 0 radical (unpaired) electrons. The Labute approximate surface area is 251 Å². The van der Waals surface area contributed by atoms with Gasteiger partial charge in [-0.05, 0) is 131 Å². The van der Waals surface area contributed by atoms with Crippen LogP contribution >= 0.6 is 0 Å². The SMILES string of the molecule is CCCCC(=O)O[C@H]1CC[C@]2(C)[C@H]3C[C@@H](O)[C@@H]4[C@@H]([C@](C)(O)CCCC(C)(C)OC)CC[C@@]4(C)[C@]3(C)CC[C@H]2C1(C)C. The lowest BCUT2D eigenvalue weighted by atomic mass is 9.35. The summed E-state index contributed by atoms with van der Waals surface area (Å²) in [5.74, 6) is 1.09. The molecular weight excluding hydrogens is 512 g/mol. The molecule has 0 aliphatic heterocycles. The highest BCUT2D eigenvalue weighted by Crippen LogP contribution is 2.76. The zero-order chi connectivity index (χ0) is 30.6. The van der Waals surface area contributed by atoms with Crippen LogP contribution in [0.15, 0.2) is 0 Å². The molecule has 4 fully saturated rings. The van der Waals surface area contributed by atoms with E-state index in [1.807, 2.05) is 6.92 Å². The van der Waals surface area contributed by atoms with Crippen LogP contribution in [0.3, 0.4) is 0 Å². The van der Waals surface area contributed by atoms with Crippen molar-refractivity contribution in [1.82, 2.24) is 0 Å². The van der Waals surface area contributed by atoms with Crippen LogP contribution in [-0.2, 0) is 14.3 Å². The average molecular weight is 577 g/mol. The summed E-state index contributed by atoms with van der Waals surface area (Å²) in [6, 6.07) is 0. The van der Waals surface area contributed by atoms with Crippen molar-refractivity contribution in [2.45, 2.75) is 169 Å². The summed E-state index contributed by atoms with van der Waals surface area (Å²) in [5.41, 5.74) is -0.844. The Kier molecular flexibility index (Phi) is 9.22. The van der Waals surface area contributed by atoms with Crippen LogP contribution in [0.1, 0.15) is 146 Å². The fourth-order valence-corrected chi connectivity index (χ4v) is 11.3. The Bertz CT molecular complexity index is 940. The third-order valence-corrected chi connectivity index (χ3v) is 14.1. The maximum Gasteiger partial charge on any atom is 0.306 e. The Morgan fingerprint density at radius 1 is 0.902 bits per heavy atom. The van der Waals surface area contributed by atoms with E-state index in [1.54, 1.807) is 7.11 Å².